The fourth-order valence-electron chi connectivity index (χ4n) is 3.85. The first-order valence-electron chi connectivity index (χ1n) is 10.6. The number of aromatic nitrogens is 1. The van der Waals surface area contributed by atoms with E-state index >= 15 is 0 Å². The Morgan fingerprint density at radius 2 is 2.00 bits per heavy atom. The van der Waals surface area contributed by atoms with Gasteiger partial charge >= 0.3 is 12.1 Å². The number of anilines is 1. The maximum Gasteiger partial charge on any atom is 0.452 e. The Kier molecular flexibility index (Phi) is 6.25. The van der Waals surface area contributed by atoms with E-state index in [-0.39, 0.29) is 22.8 Å². The Morgan fingerprint density at radius 3 is 2.60 bits per heavy atom. The molecule has 1 aliphatic heterocycles. The average molecular weight is 532 g/mol. The minimum absolute atomic E-state index is 0.0188. The predicted octanol–water partition coefficient (Wildman–Crippen LogP) is 4.48. The maximum absolute atomic E-state index is 13.3. The number of nitrogen functional groups attached to an aromatic ring is 1. The number of carbonyl (C=O) groups excluding carboxylic acids is 1. The quantitative estimate of drug-likeness (QED) is 0.413. The number of halogens is 3. The van der Waals surface area contributed by atoms with Crippen molar-refractivity contribution in [3.05, 3.63) is 57.7 Å². The second kappa shape index (κ2) is 8.56. The fraction of sp³-hybridized carbons (Fsp3) is 0.455. The Hall–Kier alpha value is -2.51. The van der Waals surface area contributed by atoms with Crippen molar-refractivity contribution in [3.8, 4) is 0 Å². The summed E-state index contributed by atoms with van der Waals surface area (Å²) in [7, 11) is -4.21. The van der Waals surface area contributed by atoms with Crippen LogP contribution in [-0.2, 0) is 25.7 Å². The molecule has 0 saturated heterocycles. The largest absolute Gasteiger partial charge is 0.459 e. The molecule has 2 aromatic rings. The first-order valence-corrected chi connectivity index (χ1v) is 13.0. The molecule has 0 amide bonds. The van der Waals surface area contributed by atoms with Crippen LogP contribution in [0.2, 0.25) is 0 Å². The third kappa shape index (κ3) is 5.36. The Morgan fingerprint density at radius 1 is 1.29 bits per heavy atom. The van der Waals surface area contributed by atoms with Crippen LogP contribution in [0, 0.1) is 0 Å². The molecule has 0 spiro atoms. The highest BCUT2D eigenvalue weighted by Gasteiger charge is 2.65. The normalized spacial score (nSPS) is 24.8. The van der Waals surface area contributed by atoms with E-state index in [9.17, 15) is 26.4 Å². The average Bonchev–Trinajstić information content (AvgIpc) is 3.09. The molecule has 1 fully saturated rings. The molecule has 3 N–H and O–H groups in total. The van der Waals surface area contributed by atoms with Gasteiger partial charge in [0.05, 0.1) is 10.9 Å². The first kappa shape index (κ1) is 25.6. The minimum Gasteiger partial charge on any atom is -0.459 e. The van der Waals surface area contributed by atoms with Crippen LogP contribution in [0.5, 0.6) is 0 Å². The van der Waals surface area contributed by atoms with Crippen molar-refractivity contribution in [1.82, 2.24) is 9.88 Å². The summed E-state index contributed by atoms with van der Waals surface area (Å²) in [5.41, 5.74) is 4.62. The Labute approximate surface area is 204 Å². The number of allylic oxidation sites excluding steroid dienone is 1. The first-order chi connectivity index (χ1) is 16.1. The van der Waals surface area contributed by atoms with Gasteiger partial charge in [0.1, 0.15) is 15.4 Å². The summed E-state index contributed by atoms with van der Waals surface area (Å²) in [4.78, 5) is 13.2. The molecule has 3 unspecified atom stereocenters. The highest BCUT2D eigenvalue weighted by atomic mass is 32.3. The number of hydrogen-bond acceptors (Lipinski definition) is 8. The zero-order valence-corrected chi connectivity index (χ0v) is 20.7. The number of esters is 1. The molecule has 8 nitrogen and oxygen atoms in total. The molecule has 1 aromatic carbocycles. The standard InChI is InChI=1S/C22H24F3N3O5S2/c1-20(2,3)32-19(29)21(11-14(21)12-5-4-6-13(26)9-12)28-35(30,31)18-8-7-16(34-18)15-10-17(33-27-15)22(23,24)25/h4-6,8-10,14,16,28H,7,11,26H2,1-3H3. The number of alkyl halides is 3. The van der Waals surface area contributed by atoms with E-state index in [1.54, 1.807) is 45.0 Å². The van der Waals surface area contributed by atoms with Crippen molar-refractivity contribution >= 4 is 33.4 Å². The molecule has 13 heteroatoms. The van der Waals surface area contributed by atoms with E-state index in [1.807, 2.05) is 0 Å². The topological polar surface area (TPSA) is 125 Å². The van der Waals surface area contributed by atoms with E-state index in [4.69, 9.17) is 10.5 Å². The number of hydrogen-bond donors (Lipinski definition) is 2. The number of thioether (sulfide) groups is 1. The molecule has 2 aliphatic rings. The molecule has 1 aliphatic carbocycles. The van der Waals surface area contributed by atoms with Crippen LogP contribution >= 0.6 is 11.8 Å². The molecule has 3 atom stereocenters. The smallest absolute Gasteiger partial charge is 0.452 e. The zero-order chi connectivity index (χ0) is 25.8. The number of carbonyl (C=O) groups is 1. The number of nitrogens with zero attached hydrogens (tertiary/aromatic N) is 1. The number of ether oxygens (including phenoxy) is 1. The number of benzene rings is 1. The Balaban J connectivity index is 1.55. The molecule has 1 aromatic heterocycles. The highest BCUT2D eigenvalue weighted by molar-refractivity contribution is 8.18. The third-order valence-electron chi connectivity index (χ3n) is 5.51. The van der Waals surface area contributed by atoms with Gasteiger partial charge in [-0.25, -0.2) is 13.2 Å². The van der Waals surface area contributed by atoms with Crippen LogP contribution in [-0.4, -0.2) is 30.7 Å². The Bertz CT molecular complexity index is 1280. The molecule has 0 bridgehead atoms. The van der Waals surface area contributed by atoms with Gasteiger partial charge < -0.3 is 15.0 Å². The van der Waals surface area contributed by atoms with Gasteiger partial charge in [0, 0.05) is 17.7 Å². The summed E-state index contributed by atoms with van der Waals surface area (Å²) in [5.74, 6) is -2.47. The van der Waals surface area contributed by atoms with E-state index in [2.05, 4.69) is 14.4 Å². The number of nitrogens with two attached hydrogens (primary N) is 1. The number of sulfonamides is 1. The van der Waals surface area contributed by atoms with Gasteiger partial charge in [0.25, 0.3) is 0 Å². The van der Waals surface area contributed by atoms with Gasteiger partial charge in [-0.1, -0.05) is 23.4 Å². The van der Waals surface area contributed by atoms with Gasteiger partial charge in [-0.2, -0.15) is 17.9 Å². The molecule has 4 rings (SSSR count). The second-order valence-electron chi connectivity index (χ2n) is 9.48. The van der Waals surface area contributed by atoms with Crippen LogP contribution in [0.3, 0.4) is 0 Å². The lowest BCUT2D eigenvalue weighted by atomic mass is 10.1. The summed E-state index contributed by atoms with van der Waals surface area (Å²) in [6, 6.07) is 7.58. The summed E-state index contributed by atoms with van der Waals surface area (Å²) in [5, 5.41) is 2.77. The van der Waals surface area contributed by atoms with Crippen LogP contribution < -0.4 is 10.5 Å². The van der Waals surface area contributed by atoms with Crippen molar-refractivity contribution < 1.29 is 35.6 Å². The molecule has 190 valence electrons. The van der Waals surface area contributed by atoms with Gasteiger partial charge in [0.2, 0.25) is 15.8 Å². The molecular weight excluding hydrogens is 507 g/mol. The van der Waals surface area contributed by atoms with Crippen LogP contribution in [0.15, 0.2) is 45.2 Å². The van der Waals surface area contributed by atoms with Gasteiger partial charge in [-0.15, -0.1) is 11.8 Å². The summed E-state index contributed by atoms with van der Waals surface area (Å²) in [6.45, 7) is 5.04. The fourth-order valence-corrected chi connectivity index (χ4v) is 6.93. The molecular formula is C22H24F3N3O5S2. The van der Waals surface area contributed by atoms with Crippen molar-refractivity contribution in [3.63, 3.8) is 0 Å². The van der Waals surface area contributed by atoms with Gasteiger partial charge in [0.15, 0.2) is 0 Å². The lowest BCUT2D eigenvalue weighted by Crippen LogP contribution is -2.47. The third-order valence-corrected chi connectivity index (χ3v) is 8.91. The molecule has 1 saturated carbocycles. The van der Waals surface area contributed by atoms with E-state index in [0.717, 1.165) is 17.8 Å². The SMILES string of the molecule is CC(C)(C)OC(=O)C1(NS(=O)(=O)C2=CCC(c3cc(C(F)(F)F)on3)S2)CC1c1cccc(N)c1. The molecule has 35 heavy (non-hydrogen) atoms. The maximum atomic E-state index is 13.3. The number of rotatable bonds is 6. The zero-order valence-electron chi connectivity index (χ0n) is 19.0. The second-order valence-corrected chi connectivity index (χ2v) is 12.6. The number of nitrogens with one attached hydrogen (secondary N) is 1. The van der Waals surface area contributed by atoms with Gasteiger partial charge in [-0.05, 0) is 51.3 Å². The minimum atomic E-state index is -4.69. The molecule has 2 heterocycles. The monoisotopic (exact) mass is 531 g/mol. The molecule has 0 radical (unpaired) electrons. The van der Waals surface area contributed by atoms with E-state index in [0.29, 0.717) is 11.3 Å². The lowest BCUT2D eigenvalue weighted by Gasteiger charge is -2.25. The van der Waals surface area contributed by atoms with Crippen molar-refractivity contribution in [2.45, 2.75) is 62.1 Å². The van der Waals surface area contributed by atoms with Crippen LogP contribution in [0.4, 0.5) is 18.9 Å². The van der Waals surface area contributed by atoms with Crippen LogP contribution in [0.1, 0.15) is 61.8 Å². The predicted molar refractivity (Wildman–Crippen MR) is 123 cm³/mol. The lowest BCUT2D eigenvalue weighted by molar-refractivity contribution is -0.158. The summed E-state index contributed by atoms with van der Waals surface area (Å²) >= 11 is 0.836. The summed E-state index contributed by atoms with van der Waals surface area (Å²) < 4.78 is 77.4. The van der Waals surface area contributed by atoms with Crippen molar-refractivity contribution in [2.24, 2.45) is 0 Å². The van der Waals surface area contributed by atoms with Crippen LogP contribution in [0.25, 0.3) is 0 Å². The van der Waals surface area contributed by atoms with Crippen molar-refractivity contribution in [2.75, 3.05) is 5.73 Å². The van der Waals surface area contributed by atoms with E-state index in [1.165, 1.54) is 6.08 Å². The van der Waals surface area contributed by atoms with Crippen molar-refractivity contribution in [1.29, 1.82) is 0 Å². The summed E-state index contributed by atoms with van der Waals surface area (Å²) in [6.07, 6.45) is -3.01. The van der Waals surface area contributed by atoms with Gasteiger partial charge in [-0.3, -0.25) is 0 Å². The van der Waals surface area contributed by atoms with E-state index < -0.39 is 50.2 Å². The highest BCUT2D eigenvalue weighted by Crippen LogP contribution is 2.55.